The number of benzene rings is 1. The van der Waals surface area contributed by atoms with Crippen LogP contribution in [0.2, 0.25) is 0 Å². The van der Waals surface area contributed by atoms with Crippen molar-refractivity contribution in [2.24, 2.45) is 0 Å². The highest BCUT2D eigenvalue weighted by Crippen LogP contribution is 2.24. The van der Waals surface area contributed by atoms with Crippen molar-refractivity contribution in [3.63, 3.8) is 0 Å². The Morgan fingerprint density at radius 3 is 2.82 bits per heavy atom. The van der Waals surface area contributed by atoms with Crippen molar-refractivity contribution in [2.75, 3.05) is 6.54 Å². The summed E-state index contributed by atoms with van der Waals surface area (Å²) in [5.41, 5.74) is 1.00. The fourth-order valence-corrected chi connectivity index (χ4v) is 2.36. The number of halogens is 2. The molecule has 0 bridgehead atoms. The molecule has 1 unspecified atom stereocenters. The summed E-state index contributed by atoms with van der Waals surface area (Å²) in [4.78, 5) is 0. The van der Waals surface area contributed by atoms with Gasteiger partial charge < -0.3 is 5.32 Å². The second-order valence-corrected chi connectivity index (χ2v) is 4.95. The van der Waals surface area contributed by atoms with Gasteiger partial charge in [0.25, 0.3) is 0 Å². The minimum Gasteiger partial charge on any atom is -0.310 e. The lowest BCUT2D eigenvalue weighted by Gasteiger charge is -2.18. The number of nitrogens with one attached hydrogen (secondary N) is 1. The first-order chi connectivity index (χ1) is 8.17. The third kappa shape index (κ3) is 5.00. The molecule has 0 radical (unpaired) electrons. The van der Waals surface area contributed by atoms with Crippen molar-refractivity contribution in [3.8, 4) is 0 Å². The van der Waals surface area contributed by atoms with Crippen molar-refractivity contribution in [3.05, 3.63) is 46.7 Å². The normalized spacial score (nSPS) is 12.4. The van der Waals surface area contributed by atoms with Crippen LogP contribution in [0.3, 0.4) is 0 Å². The predicted molar refractivity (Wildman–Crippen MR) is 74.6 cm³/mol. The molecule has 0 aliphatic heterocycles. The zero-order valence-corrected chi connectivity index (χ0v) is 11.8. The summed E-state index contributed by atoms with van der Waals surface area (Å²) in [5.74, 6) is -0.194. The second-order valence-electron chi connectivity index (χ2n) is 4.03. The minimum absolute atomic E-state index is 0.194. The fourth-order valence-electron chi connectivity index (χ4n) is 1.88. The number of rotatable bonds is 7. The summed E-state index contributed by atoms with van der Waals surface area (Å²) in [7, 11) is 0. The quantitative estimate of drug-likeness (QED) is 0.573. The van der Waals surface area contributed by atoms with Crippen LogP contribution >= 0.6 is 15.9 Å². The first kappa shape index (κ1) is 14.4. The molecule has 0 aliphatic rings. The maximum absolute atomic E-state index is 13.3. The van der Waals surface area contributed by atoms with Crippen LogP contribution < -0.4 is 5.32 Å². The molecular weight excluding hydrogens is 281 g/mol. The van der Waals surface area contributed by atoms with Crippen molar-refractivity contribution < 1.29 is 4.39 Å². The summed E-state index contributed by atoms with van der Waals surface area (Å²) in [6.45, 7) is 6.66. The molecule has 1 atom stereocenters. The summed E-state index contributed by atoms with van der Waals surface area (Å²) in [5, 5.41) is 3.39. The van der Waals surface area contributed by atoms with Crippen molar-refractivity contribution in [1.29, 1.82) is 0 Å². The van der Waals surface area contributed by atoms with E-state index in [4.69, 9.17) is 0 Å². The predicted octanol–water partition coefficient (Wildman–Crippen LogP) is 4.60. The average Bonchev–Trinajstić information content (AvgIpc) is 2.27. The van der Waals surface area contributed by atoms with Gasteiger partial charge >= 0.3 is 0 Å². The van der Waals surface area contributed by atoms with Gasteiger partial charge in [0.1, 0.15) is 5.82 Å². The van der Waals surface area contributed by atoms with Gasteiger partial charge in [-0.2, -0.15) is 0 Å². The highest BCUT2D eigenvalue weighted by Gasteiger charge is 2.11. The molecular formula is C14H19BrFN. The van der Waals surface area contributed by atoms with E-state index in [9.17, 15) is 4.39 Å². The van der Waals surface area contributed by atoms with Crippen LogP contribution in [0.1, 0.15) is 37.8 Å². The summed E-state index contributed by atoms with van der Waals surface area (Å²) in [6.07, 6.45) is 4.98. The molecule has 1 rings (SSSR count). The molecule has 0 aromatic heterocycles. The monoisotopic (exact) mass is 299 g/mol. The van der Waals surface area contributed by atoms with E-state index >= 15 is 0 Å². The van der Waals surface area contributed by atoms with E-state index in [-0.39, 0.29) is 11.9 Å². The van der Waals surface area contributed by atoms with E-state index in [1.54, 1.807) is 6.07 Å². The number of allylic oxidation sites excluding steroid dienone is 1. The third-order valence-electron chi connectivity index (χ3n) is 2.64. The number of hydrogen-bond acceptors (Lipinski definition) is 1. The molecule has 0 saturated carbocycles. The van der Waals surface area contributed by atoms with Gasteiger partial charge in [-0.05, 0) is 49.6 Å². The molecule has 1 aromatic rings. The van der Waals surface area contributed by atoms with E-state index < -0.39 is 0 Å². The molecule has 0 spiro atoms. The SMILES string of the molecule is C=CCCCC(NCC)c1cc(F)cc(Br)c1. The first-order valence-electron chi connectivity index (χ1n) is 5.97. The van der Waals surface area contributed by atoms with Crippen LogP contribution in [-0.4, -0.2) is 6.54 Å². The molecule has 94 valence electrons. The number of hydrogen-bond donors (Lipinski definition) is 1. The van der Waals surface area contributed by atoms with Crippen molar-refractivity contribution in [2.45, 2.75) is 32.2 Å². The van der Waals surface area contributed by atoms with Crippen LogP contribution in [0.5, 0.6) is 0 Å². The Hall–Kier alpha value is -0.670. The topological polar surface area (TPSA) is 12.0 Å². The van der Waals surface area contributed by atoms with E-state index in [0.29, 0.717) is 0 Å². The van der Waals surface area contributed by atoms with Gasteiger partial charge in [0.2, 0.25) is 0 Å². The van der Waals surface area contributed by atoms with Gasteiger partial charge in [-0.25, -0.2) is 4.39 Å². The van der Waals surface area contributed by atoms with Gasteiger partial charge in [0, 0.05) is 10.5 Å². The lowest BCUT2D eigenvalue weighted by atomic mass is 10.0. The Morgan fingerprint density at radius 2 is 2.24 bits per heavy atom. The molecule has 3 heteroatoms. The Bertz CT molecular complexity index is 345. The Kier molecular flexibility index (Phi) is 6.45. The molecule has 0 saturated heterocycles. The van der Waals surface area contributed by atoms with Gasteiger partial charge in [0.05, 0.1) is 0 Å². The highest BCUT2D eigenvalue weighted by atomic mass is 79.9. The highest BCUT2D eigenvalue weighted by molar-refractivity contribution is 9.10. The summed E-state index contributed by atoms with van der Waals surface area (Å²) in [6, 6.07) is 5.28. The van der Waals surface area contributed by atoms with Crippen LogP contribution in [-0.2, 0) is 0 Å². The van der Waals surface area contributed by atoms with Gasteiger partial charge in [-0.1, -0.05) is 28.9 Å². The lowest BCUT2D eigenvalue weighted by Crippen LogP contribution is -2.21. The maximum Gasteiger partial charge on any atom is 0.124 e. The zero-order valence-electron chi connectivity index (χ0n) is 10.2. The van der Waals surface area contributed by atoms with Gasteiger partial charge in [-0.15, -0.1) is 6.58 Å². The second kappa shape index (κ2) is 7.62. The summed E-state index contributed by atoms with van der Waals surface area (Å²) < 4.78 is 14.1. The van der Waals surface area contributed by atoms with Crippen LogP contribution in [0, 0.1) is 5.82 Å². The average molecular weight is 300 g/mol. The Morgan fingerprint density at radius 1 is 1.47 bits per heavy atom. The Labute approximate surface area is 111 Å². The Balaban J connectivity index is 2.76. The smallest absolute Gasteiger partial charge is 0.124 e. The maximum atomic E-state index is 13.3. The van der Waals surface area contributed by atoms with Crippen molar-refractivity contribution in [1.82, 2.24) is 5.32 Å². The number of unbranched alkanes of at least 4 members (excludes halogenated alkanes) is 1. The standard InChI is InChI=1S/C14H19BrFN/c1-3-5-6-7-14(17-4-2)11-8-12(15)10-13(16)9-11/h3,8-10,14,17H,1,4-7H2,2H3. The molecule has 0 fully saturated rings. The summed E-state index contributed by atoms with van der Waals surface area (Å²) >= 11 is 3.33. The van der Waals surface area contributed by atoms with Gasteiger partial charge in [0.15, 0.2) is 0 Å². The minimum atomic E-state index is -0.194. The zero-order chi connectivity index (χ0) is 12.7. The molecule has 1 N–H and O–H groups in total. The largest absolute Gasteiger partial charge is 0.310 e. The third-order valence-corrected chi connectivity index (χ3v) is 3.10. The van der Waals surface area contributed by atoms with Crippen LogP contribution in [0.4, 0.5) is 4.39 Å². The molecule has 0 heterocycles. The fraction of sp³-hybridized carbons (Fsp3) is 0.429. The molecule has 17 heavy (non-hydrogen) atoms. The first-order valence-corrected chi connectivity index (χ1v) is 6.77. The van der Waals surface area contributed by atoms with E-state index in [1.165, 1.54) is 6.07 Å². The van der Waals surface area contributed by atoms with Gasteiger partial charge in [-0.3, -0.25) is 0 Å². The van der Waals surface area contributed by atoms with Crippen molar-refractivity contribution >= 4 is 15.9 Å². The van der Waals surface area contributed by atoms with Crippen LogP contribution in [0.25, 0.3) is 0 Å². The van der Waals surface area contributed by atoms with E-state index in [2.05, 4.69) is 34.7 Å². The lowest BCUT2D eigenvalue weighted by molar-refractivity contribution is 0.496. The molecule has 1 aromatic carbocycles. The molecule has 0 amide bonds. The van der Waals surface area contributed by atoms with E-state index in [0.717, 1.165) is 35.8 Å². The molecule has 1 nitrogen and oxygen atoms in total. The van der Waals surface area contributed by atoms with E-state index in [1.807, 2.05) is 12.1 Å². The van der Waals surface area contributed by atoms with Crippen LogP contribution in [0.15, 0.2) is 35.3 Å². The molecule has 0 aliphatic carbocycles.